The van der Waals surface area contributed by atoms with Gasteiger partial charge in [0.25, 0.3) is 0 Å². The second-order valence-corrected chi connectivity index (χ2v) is 15.9. The van der Waals surface area contributed by atoms with Crippen molar-refractivity contribution in [2.24, 2.45) is 0 Å². The van der Waals surface area contributed by atoms with Crippen LogP contribution in [0.15, 0.2) is 168 Å². The molecular formula is C55H52N2O. The third-order valence-electron chi connectivity index (χ3n) is 11.9. The Hall–Kier alpha value is -6.58. The summed E-state index contributed by atoms with van der Waals surface area (Å²) in [6, 6.07) is 53.2. The molecule has 0 atom stereocenters. The predicted molar refractivity (Wildman–Crippen MR) is 249 cm³/mol. The van der Waals surface area contributed by atoms with Crippen molar-refractivity contribution in [3.63, 3.8) is 0 Å². The zero-order valence-electron chi connectivity index (χ0n) is 34.8. The molecule has 0 amide bonds. The normalized spacial score (nSPS) is 13.2. The van der Waals surface area contributed by atoms with E-state index in [4.69, 9.17) is 4.42 Å². The van der Waals surface area contributed by atoms with Crippen molar-refractivity contribution in [2.75, 3.05) is 16.8 Å². The highest BCUT2D eigenvalue weighted by Crippen LogP contribution is 2.51. The molecule has 0 radical (unpaired) electrons. The molecule has 1 aliphatic rings. The lowest BCUT2D eigenvalue weighted by Crippen LogP contribution is -2.18. The van der Waals surface area contributed by atoms with Crippen LogP contribution in [0.2, 0.25) is 0 Å². The molecule has 0 saturated carbocycles. The molecule has 0 saturated heterocycles. The van der Waals surface area contributed by atoms with Gasteiger partial charge in [-0.15, -0.1) is 0 Å². The second kappa shape index (κ2) is 15.8. The molecule has 3 heteroatoms. The van der Waals surface area contributed by atoms with Gasteiger partial charge in [-0.1, -0.05) is 124 Å². The van der Waals surface area contributed by atoms with Crippen molar-refractivity contribution in [3.05, 3.63) is 197 Å². The Bertz CT molecular complexity index is 2690. The number of aryl methyl sites for hydroxylation is 1. The lowest BCUT2D eigenvalue weighted by atomic mass is 9.82. The molecule has 6 aromatic carbocycles. The SMILES string of the molecule is C=Cc1oc(-c2ccc(N(c3cccc(-c4ccc(/C(=C(/C)CC)N(C)c5ccccc5C)cc4)c3)c3ccc4c(c3)C(C)(C)c3ccccc3-4)cc2)cc1/C=C\C. The molecule has 1 aliphatic carbocycles. The first-order chi connectivity index (χ1) is 28.1. The van der Waals surface area contributed by atoms with Crippen LogP contribution >= 0.6 is 0 Å². The van der Waals surface area contributed by atoms with E-state index in [-0.39, 0.29) is 5.41 Å². The van der Waals surface area contributed by atoms with E-state index in [9.17, 15) is 0 Å². The Balaban J connectivity index is 1.19. The number of anilines is 4. The first-order valence-corrected chi connectivity index (χ1v) is 20.4. The third kappa shape index (κ3) is 6.92. The van der Waals surface area contributed by atoms with Crippen molar-refractivity contribution < 1.29 is 4.42 Å². The fourth-order valence-corrected chi connectivity index (χ4v) is 8.68. The summed E-state index contributed by atoms with van der Waals surface area (Å²) in [5.41, 5.74) is 19.2. The van der Waals surface area contributed by atoms with Crippen molar-refractivity contribution in [1.82, 2.24) is 0 Å². The summed E-state index contributed by atoms with van der Waals surface area (Å²) >= 11 is 0. The number of para-hydroxylation sites is 1. The second-order valence-electron chi connectivity index (χ2n) is 15.9. The Morgan fingerprint density at radius 1 is 0.690 bits per heavy atom. The molecule has 288 valence electrons. The minimum atomic E-state index is -0.120. The molecule has 58 heavy (non-hydrogen) atoms. The van der Waals surface area contributed by atoms with Crippen LogP contribution in [0.25, 0.3) is 51.4 Å². The number of furan rings is 1. The zero-order valence-corrected chi connectivity index (χ0v) is 34.8. The molecular weight excluding hydrogens is 705 g/mol. The smallest absolute Gasteiger partial charge is 0.135 e. The molecule has 0 bridgehead atoms. The van der Waals surface area contributed by atoms with Crippen molar-refractivity contribution in [1.29, 1.82) is 0 Å². The molecule has 0 unspecified atom stereocenters. The van der Waals surface area contributed by atoms with Gasteiger partial charge in [-0.2, -0.15) is 0 Å². The van der Waals surface area contributed by atoms with Crippen molar-refractivity contribution in [2.45, 2.75) is 53.4 Å². The summed E-state index contributed by atoms with van der Waals surface area (Å²) in [7, 11) is 2.18. The number of hydrogen-bond acceptors (Lipinski definition) is 3. The summed E-state index contributed by atoms with van der Waals surface area (Å²) < 4.78 is 6.24. The van der Waals surface area contributed by atoms with Gasteiger partial charge in [0.05, 0.1) is 0 Å². The van der Waals surface area contributed by atoms with Crippen LogP contribution < -0.4 is 9.80 Å². The van der Waals surface area contributed by atoms with Crippen LogP contribution in [-0.4, -0.2) is 7.05 Å². The summed E-state index contributed by atoms with van der Waals surface area (Å²) in [4.78, 5) is 4.72. The molecule has 0 aliphatic heterocycles. The highest BCUT2D eigenvalue weighted by molar-refractivity contribution is 5.87. The molecule has 7 aromatic rings. The summed E-state index contributed by atoms with van der Waals surface area (Å²) in [6.45, 7) is 17.3. The predicted octanol–water partition coefficient (Wildman–Crippen LogP) is 15.7. The molecule has 3 nitrogen and oxygen atoms in total. The lowest BCUT2D eigenvalue weighted by Gasteiger charge is -2.28. The minimum absolute atomic E-state index is 0.120. The quantitative estimate of drug-likeness (QED) is 0.131. The van der Waals surface area contributed by atoms with E-state index in [2.05, 4.69) is 210 Å². The highest BCUT2D eigenvalue weighted by Gasteiger charge is 2.35. The monoisotopic (exact) mass is 756 g/mol. The van der Waals surface area contributed by atoms with Gasteiger partial charge in [-0.25, -0.2) is 0 Å². The van der Waals surface area contributed by atoms with Crippen LogP contribution in [0.3, 0.4) is 0 Å². The standard InChI is InChI=1S/C55H52N2O/c1-9-17-43-35-53(58-52(43)11-3)40-28-30-44(31-29-40)57(46-32-33-48-47-21-13-14-22-49(47)55(6,7)50(48)36-46)45-20-16-19-42(34-45)39-24-26-41(27-25-39)54(37(4)10-2)56(8)51-23-15-12-18-38(51)5/h9,11-36H,3,10H2,1-2,4-8H3/b17-9-,54-37+. The maximum absolute atomic E-state index is 6.24. The Kier molecular flexibility index (Phi) is 10.4. The van der Waals surface area contributed by atoms with E-state index in [0.717, 1.165) is 51.7 Å². The minimum Gasteiger partial charge on any atom is -0.456 e. The number of allylic oxidation sites excluding steroid dienone is 2. The maximum Gasteiger partial charge on any atom is 0.135 e. The van der Waals surface area contributed by atoms with Gasteiger partial charge < -0.3 is 14.2 Å². The van der Waals surface area contributed by atoms with Gasteiger partial charge >= 0.3 is 0 Å². The third-order valence-corrected chi connectivity index (χ3v) is 11.9. The summed E-state index contributed by atoms with van der Waals surface area (Å²) in [5.74, 6) is 1.59. The van der Waals surface area contributed by atoms with E-state index < -0.39 is 0 Å². The fourth-order valence-electron chi connectivity index (χ4n) is 8.68. The first kappa shape index (κ1) is 38.3. The highest BCUT2D eigenvalue weighted by atomic mass is 16.3. The van der Waals surface area contributed by atoms with Crippen molar-refractivity contribution >= 4 is 40.6 Å². The number of benzene rings is 6. The van der Waals surface area contributed by atoms with Gasteiger partial charge in [-0.3, -0.25) is 0 Å². The zero-order chi connectivity index (χ0) is 40.6. The molecule has 8 rings (SSSR count). The van der Waals surface area contributed by atoms with Crippen LogP contribution in [0, 0.1) is 6.92 Å². The van der Waals surface area contributed by atoms with Crippen molar-refractivity contribution in [3.8, 4) is 33.6 Å². The topological polar surface area (TPSA) is 19.6 Å². The van der Waals surface area contributed by atoms with Gasteiger partial charge in [0.15, 0.2) is 0 Å². The van der Waals surface area contributed by atoms with E-state index >= 15 is 0 Å². The van der Waals surface area contributed by atoms with Gasteiger partial charge in [0, 0.05) is 52.0 Å². The van der Waals surface area contributed by atoms with Gasteiger partial charge in [-0.05, 0) is 144 Å². The number of nitrogens with zero attached hydrogens (tertiary/aromatic N) is 2. The Morgan fingerprint density at radius 2 is 1.36 bits per heavy atom. The molecule has 0 N–H and O–H groups in total. The van der Waals surface area contributed by atoms with E-state index in [1.165, 1.54) is 55.9 Å². The number of fused-ring (bicyclic) bond motifs is 3. The molecule has 0 spiro atoms. The van der Waals surface area contributed by atoms with Crippen LogP contribution in [0.4, 0.5) is 22.7 Å². The average molecular weight is 757 g/mol. The lowest BCUT2D eigenvalue weighted by molar-refractivity contribution is 0.571. The average Bonchev–Trinajstić information content (AvgIpc) is 3.77. The van der Waals surface area contributed by atoms with Crippen LogP contribution in [0.1, 0.15) is 74.6 Å². The Labute approximate surface area is 344 Å². The molecule has 1 heterocycles. The van der Waals surface area contributed by atoms with Crippen LogP contribution in [-0.2, 0) is 5.41 Å². The van der Waals surface area contributed by atoms with E-state index in [1.54, 1.807) is 6.08 Å². The first-order valence-electron chi connectivity index (χ1n) is 20.4. The Morgan fingerprint density at radius 3 is 2.09 bits per heavy atom. The van der Waals surface area contributed by atoms with Crippen LogP contribution in [0.5, 0.6) is 0 Å². The largest absolute Gasteiger partial charge is 0.456 e. The van der Waals surface area contributed by atoms with Gasteiger partial charge in [0.2, 0.25) is 0 Å². The van der Waals surface area contributed by atoms with Gasteiger partial charge in [0.1, 0.15) is 11.5 Å². The number of rotatable bonds is 11. The molecule has 1 aromatic heterocycles. The maximum atomic E-state index is 6.24. The van der Waals surface area contributed by atoms with E-state index in [0.29, 0.717) is 0 Å². The fraction of sp³-hybridized carbons (Fsp3) is 0.164. The van der Waals surface area contributed by atoms with E-state index in [1.807, 2.05) is 13.0 Å². The summed E-state index contributed by atoms with van der Waals surface area (Å²) in [5, 5.41) is 0. The molecule has 0 fully saturated rings. The summed E-state index contributed by atoms with van der Waals surface area (Å²) in [6.07, 6.45) is 6.83. The number of hydrogen-bond donors (Lipinski definition) is 0.